The Labute approximate surface area is 176 Å². The molecule has 1 aliphatic rings. The second kappa shape index (κ2) is 10.3. The summed E-state index contributed by atoms with van der Waals surface area (Å²) in [5.74, 6) is 1.28. The fourth-order valence-corrected chi connectivity index (χ4v) is 4.34. The summed E-state index contributed by atoms with van der Waals surface area (Å²) in [5.41, 5.74) is 6.42. The smallest absolute Gasteiger partial charge is 0.223 e. The van der Waals surface area contributed by atoms with Gasteiger partial charge in [0.1, 0.15) is 5.82 Å². The highest BCUT2D eigenvalue weighted by atomic mass is 32.2. The molecule has 0 radical (unpaired) electrons. The summed E-state index contributed by atoms with van der Waals surface area (Å²) in [4.78, 5) is 31.8. The standard InChI is InChI=1S/C22H28N4O2S/c1-16(15-29-19-7-3-2-4-8-19)22(28)25-14-18-6-5-11-24-21(18)26-12-9-17(10-13-26)20(23)27/h2-8,11,16-17H,9-10,12-15H2,1H3,(H2,23,27)(H,25,28). The van der Waals surface area contributed by atoms with Crippen molar-refractivity contribution in [2.75, 3.05) is 23.7 Å². The Morgan fingerprint density at radius 1 is 1.21 bits per heavy atom. The van der Waals surface area contributed by atoms with Crippen LogP contribution in [0.3, 0.4) is 0 Å². The molecule has 1 saturated heterocycles. The van der Waals surface area contributed by atoms with Gasteiger partial charge in [0.05, 0.1) is 0 Å². The van der Waals surface area contributed by atoms with Crippen molar-refractivity contribution in [1.29, 1.82) is 0 Å². The summed E-state index contributed by atoms with van der Waals surface area (Å²) in [6.45, 7) is 3.88. The normalized spacial score (nSPS) is 15.7. The first-order chi connectivity index (χ1) is 14.0. The molecule has 1 aromatic heterocycles. The van der Waals surface area contributed by atoms with Crippen molar-refractivity contribution >= 4 is 29.4 Å². The minimum atomic E-state index is -0.222. The lowest BCUT2D eigenvalue weighted by Gasteiger charge is -2.32. The van der Waals surface area contributed by atoms with E-state index in [-0.39, 0.29) is 23.7 Å². The maximum atomic E-state index is 12.5. The first-order valence-corrected chi connectivity index (χ1v) is 11.0. The molecular weight excluding hydrogens is 384 g/mol. The van der Waals surface area contributed by atoms with Gasteiger partial charge in [-0.05, 0) is 31.0 Å². The van der Waals surface area contributed by atoms with Crippen molar-refractivity contribution in [1.82, 2.24) is 10.3 Å². The number of hydrogen-bond acceptors (Lipinski definition) is 5. The Kier molecular flexibility index (Phi) is 7.52. The van der Waals surface area contributed by atoms with Crippen LogP contribution >= 0.6 is 11.8 Å². The van der Waals surface area contributed by atoms with Gasteiger partial charge in [-0.25, -0.2) is 4.98 Å². The second-order valence-corrected chi connectivity index (χ2v) is 8.49. The molecule has 2 amide bonds. The fourth-order valence-electron chi connectivity index (χ4n) is 3.40. The van der Waals surface area contributed by atoms with Gasteiger partial charge >= 0.3 is 0 Å². The number of primary amides is 1. The van der Waals surface area contributed by atoms with Crippen LogP contribution in [-0.2, 0) is 16.1 Å². The van der Waals surface area contributed by atoms with Gasteiger partial charge in [-0.3, -0.25) is 9.59 Å². The highest BCUT2D eigenvalue weighted by Gasteiger charge is 2.25. The Morgan fingerprint density at radius 3 is 2.62 bits per heavy atom. The van der Waals surface area contributed by atoms with Crippen molar-refractivity contribution < 1.29 is 9.59 Å². The maximum Gasteiger partial charge on any atom is 0.223 e. The van der Waals surface area contributed by atoms with Gasteiger partial charge in [0.15, 0.2) is 0 Å². The number of benzene rings is 1. The average Bonchev–Trinajstić information content (AvgIpc) is 2.76. The van der Waals surface area contributed by atoms with E-state index < -0.39 is 0 Å². The molecule has 7 heteroatoms. The number of carbonyl (C=O) groups excluding carboxylic acids is 2. The summed E-state index contributed by atoms with van der Waals surface area (Å²) in [6, 6.07) is 14.0. The molecule has 1 unspecified atom stereocenters. The third kappa shape index (κ3) is 5.97. The first-order valence-electron chi connectivity index (χ1n) is 9.98. The molecule has 0 saturated carbocycles. The number of carbonyl (C=O) groups is 2. The van der Waals surface area contributed by atoms with E-state index in [9.17, 15) is 9.59 Å². The van der Waals surface area contributed by atoms with Crippen LogP contribution in [0.25, 0.3) is 0 Å². The largest absolute Gasteiger partial charge is 0.369 e. The monoisotopic (exact) mass is 412 g/mol. The van der Waals surface area contributed by atoms with Crippen LogP contribution < -0.4 is 16.0 Å². The summed E-state index contributed by atoms with van der Waals surface area (Å²) >= 11 is 1.69. The number of nitrogens with zero attached hydrogens (tertiary/aromatic N) is 2. The number of thioether (sulfide) groups is 1. The van der Waals surface area contributed by atoms with E-state index in [0.717, 1.165) is 43.1 Å². The van der Waals surface area contributed by atoms with E-state index in [2.05, 4.69) is 27.3 Å². The number of aromatic nitrogens is 1. The van der Waals surface area contributed by atoms with Crippen LogP contribution in [0.4, 0.5) is 5.82 Å². The number of amides is 2. The predicted molar refractivity (Wildman–Crippen MR) is 117 cm³/mol. The summed E-state index contributed by atoms with van der Waals surface area (Å²) in [6.07, 6.45) is 3.25. The number of anilines is 1. The molecular formula is C22H28N4O2S. The van der Waals surface area contributed by atoms with Gasteiger partial charge in [-0.15, -0.1) is 11.8 Å². The van der Waals surface area contributed by atoms with Crippen LogP contribution in [0.1, 0.15) is 25.3 Å². The van der Waals surface area contributed by atoms with E-state index in [1.807, 2.05) is 37.3 Å². The Morgan fingerprint density at radius 2 is 1.93 bits per heavy atom. The van der Waals surface area contributed by atoms with Crippen LogP contribution in [0, 0.1) is 11.8 Å². The van der Waals surface area contributed by atoms with Crippen LogP contribution in [-0.4, -0.2) is 35.6 Å². The average molecular weight is 413 g/mol. The lowest BCUT2D eigenvalue weighted by atomic mass is 9.96. The van der Waals surface area contributed by atoms with E-state index in [1.54, 1.807) is 18.0 Å². The Balaban J connectivity index is 1.53. The molecule has 1 aliphatic heterocycles. The van der Waals surface area contributed by atoms with E-state index in [0.29, 0.717) is 6.54 Å². The quantitative estimate of drug-likeness (QED) is 0.651. The number of pyridine rings is 1. The number of nitrogens with two attached hydrogens (primary N) is 1. The predicted octanol–water partition coefficient (Wildman–Crippen LogP) is 2.83. The van der Waals surface area contributed by atoms with E-state index in [4.69, 9.17) is 5.73 Å². The minimum Gasteiger partial charge on any atom is -0.369 e. The van der Waals surface area contributed by atoms with Crippen molar-refractivity contribution in [2.45, 2.75) is 31.2 Å². The summed E-state index contributed by atoms with van der Waals surface area (Å²) in [7, 11) is 0. The zero-order valence-corrected chi connectivity index (χ0v) is 17.5. The van der Waals surface area contributed by atoms with Crippen LogP contribution in [0.2, 0.25) is 0 Å². The van der Waals surface area contributed by atoms with Gasteiger partial charge in [-0.1, -0.05) is 31.2 Å². The van der Waals surface area contributed by atoms with Crippen molar-refractivity contribution in [3.63, 3.8) is 0 Å². The lowest BCUT2D eigenvalue weighted by Crippen LogP contribution is -2.39. The molecule has 2 aromatic rings. The zero-order chi connectivity index (χ0) is 20.6. The van der Waals surface area contributed by atoms with Gasteiger partial charge < -0.3 is 16.0 Å². The van der Waals surface area contributed by atoms with Gasteiger partial charge in [0.25, 0.3) is 0 Å². The topological polar surface area (TPSA) is 88.3 Å². The molecule has 2 heterocycles. The number of rotatable bonds is 8. The van der Waals surface area contributed by atoms with Crippen molar-refractivity contribution in [3.05, 3.63) is 54.2 Å². The van der Waals surface area contributed by atoms with Crippen molar-refractivity contribution in [2.24, 2.45) is 17.6 Å². The Hall–Kier alpha value is -2.54. The highest BCUT2D eigenvalue weighted by molar-refractivity contribution is 7.99. The molecule has 29 heavy (non-hydrogen) atoms. The minimum absolute atomic E-state index is 0.0377. The lowest BCUT2D eigenvalue weighted by molar-refractivity contribution is -0.124. The molecule has 3 rings (SSSR count). The fraction of sp³-hybridized carbons (Fsp3) is 0.409. The third-order valence-electron chi connectivity index (χ3n) is 5.21. The molecule has 1 fully saturated rings. The van der Waals surface area contributed by atoms with Gasteiger partial charge in [0.2, 0.25) is 11.8 Å². The van der Waals surface area contributed by atoms with E-state index in [1.165, 1.54) is 4.90 Å². The molecule has 1 aromatic carbocycles. The Bertz CT molecular complexity index is 823. The first kappa shape index (κ1) is 21.2. The number of nitrogens with one attached hydrogen (secondary N) is 1. The van der Waals surface area contributed by atoms with Gasteiger partial charge in [0, 0.05) is 53.9 Å². The highest BCUT2D eigenvalue weighted by Crippen LogP contribution is 2.25. The summed E-state index contributed by atoms with van der Waals surface area (Å²) in [5, 5.41) is 3.05. The van der Waals surface area contributed by atoms with Crippen molar-refractivity contribution in [3.8, 4) is 0 Å². The van der Waals surface area contributed by atoms with E-state index >= 15 is 0 Å². The molecule has 0 bridgehead atoms. The maximum absolute atomic E-state index is 12.5. The number of piperidine rings is 1. The SMILES string of the molecule is CC(CSc1ccccc1)C(=O)NCc1cccnc1N1CCC(C(N)=O)CC1. The molecule has 3 N–H and O–H groups in total. The molecule has 0 spiro atoms. The molecule has 6 nitrogen and oxygen atoms in total. The molecule has 0 aliphatic carbocycles. The third-order valence-corrected chi connectivity index (χ3v) is 6.48. The van der Waals surface area contributed by atoms with Crippen LogP contribution in [0.5, 0.6) is 0 Å². The zero-order valence-electron chi connectivity index (χ0n) is 16.7. The second-order valence-electron chi connectivity index (χ2n) is 7.39. The van der Waals surface area contributed by atoms with Crippen LogP contribution in [0.15, 0.2) is 53.6 Å². The molecule has 1 atom stereocenters. The summed E-state index contributed by atoms with van der Waals surface area (Å²) < 4.78 is 0. The van der Waals surface area contributed by atoms with Gasteiger partial charge in [-0.2, -0.15) is 0 Å². The molecule has 154 valence electrons. The number of hydrogen-bond donors (Lipinski definition) is 2.